The first kappa shape index (κ1) is 16.7. The smallest absolute Gasteiger partial charge is 0.276 e. The number of piperidine rings is 1. The van der Waals surface area contributed by atoms with E-state index in [0.29, 0.717) is 24.7 Å². The molecule has 0 saturated carbocycles. The zero-order valence-corrected chi connectivity index (χ0v) is 15.0. The topological polar surface area (TPSA) is 89.9 Å². The van der Waals surface area contributed by atoms with Gasteiger partial charge < -0.3 is 10.6 Å². The van der Waals surface area contributed by atoms with Gasteiger partial charge in [0.15, 0.2) is 5.69 Å². The highest BCUT2D eigenvalue weighted by Gasteiger charge is 2.29. The molecule has 1 aliphatic heterocycles. The summed E-state index contributed by atoms with van der Waals surface area (Å²) >= 11 is 0. The van der Waals surface area contributed by atoms with Crippen LogP contribution >= 0.6 is 0 Å². The van der Waals surface area contributed by atoms with Gasteiger partial charge in [-0.2, -0.15) is 0 Å². The van der Waals surface area contributed by atoms with Crippen LogP contribution in [0.5, 0.6) is 0 Å². The van der Waals surface area contributed by atoms with Gasteiger partial charge in [0.2, 0.25) is 0 Å². The van der Waals surface area contributed by atoms with E-state index in [9.17, 15) is 4.79 Å². The molecule has 2 atom stereocenters. The lowest BCUT2D eigenvalue weighted by molar-refractivity contribution is 0.0654. The standard InChI is InChI=1S/C19H22N6O/c1-12-8-15(20)11-24(10-12)19(26)18-13(2)25(23-22-18)17-5-3-4-14-9-21-7-6-16(14)17/h3-7,9,12,15H,8,10-11,20H2,1-2H3. The summed E-state index contributed by atoms with van der Waals surface area (Å²) in [4.78, 5) is 18.9. The number of nitrogens with two attached hydrogens (primary N) is 1. The van der Waals surface area contributed by atoms with E-state index in [4.69, 9.17) is 5.73 Å². The molecule has 4 rings (SSSR count). The third-order valence-corrected chi connectivity index (χ3v) is 4.96. The third-order valence-electron chi connectivity index (χ3n) is 4.96. The Balaban J connectivity index is 1.71. The third kappa shape index (κ3) is 2.84. The van der Waals surface area contributed by atoms with Crippen molar-refractivity contribution in [3.05, 3.63) is 48.0 Å². The highest BCUT2D eigenvalue weighted by atomic mass is 16.2. The fraction of sp³-hybridized carbons (Fsp3) is 0.368. The number of fused-ring (bicyclic) bond motifs is 1. The molecule has 1 amide bonds. The molecule has 1 aromatic carbocycles. The Kier molecular flexibility index (Phi) is 4.16. The van der Waals surface area contributed by atoms with E-state index < -0.39 is 0 Å². The molecule has 3 heterocycles. The molecular weight excluding hydrogens is 328 g/mol. The van der Waals surface area contributed by atoms with Crippen LogP contribution in [-0.2, 0) is 0 Å². The quantitative estimate of drug-likeness (QED) is 0.763. The van der Waals surface area contributed by atoms with Crippen LogP contribution in [0.2, 0.25) is 0 Å². The molecule has 7 nitrogen and oxygen atoms in total. The van der Waals surface area contributed by atoms with Gasteiger partial charge in [-0.1, -0.05) is 24.3 Å². The number of rotatable bonds is 2. The van der Waals surface area contributed by atoms with Gasteiger partial charge in [0.1, 0.15) is 0 Å². The minimum Gasteiger partial charge on any atom is -0.335 e. The number of carbonyl (C=O) groups excluding carboxylic acids is 1. The Bertz CT molecular complexity index is 950. The second-order valence-corrected chi connectivity index (χ2v) is 7.12. The lowest BCUT2D eigenvalue weighted by atomic mass is 9.96. The van der Waals surface area contributed by atoms with Crippen molar-refractivity contribution in [2.24, 2.45) is 11.7 Å². The number of likely N-dealkylation sites (tertiary alicyclic amines) is 1. The van der Waals surface area contributed by atoms with Crippen molar-refractivity contribution in [3.8, 4) is 5.69 Å². The van der Waals surface area contributed by atoms with Gasteiger partial charge in [-0.15, -0.1) is 5.10 Å². The maximum atomic E-state index is 13.0. The fourth-order valence-electron chi connectivity index (χ4n) is 3.76. The molecule has 7 heteroatoms. The first-order valence-corrected chi connectivity index (χ1v) is 8.85. The first-order chi connectivity index (χ1) is 12.5. The Hall–Kier alpha value is -2.80. The molecule has 2 unspecified atom stereocenters. The molecule has 2 N–H and O–H groups in total. The summed E-state index contributed by atoms with van der Waals surface area (Å²) in [5, 5.41) is 10.5. The minimum absolute atomic E-state index is 0.0172. The van der Waals surface area contributed by atoms with Crippen molar-refractivity contribution in [2.75, 3.05) is 13.1 Å². The Morgan fingerprint density at radius 2 is 2.12 bits per heavy atom. The number of aromatic nitrogens is 4. The second kappa shape index (κ2) is 6.49. The molecule has 1 fully saturated rings. The van der Waals surface area contributed by atoms with E-state index in [1.165, 1.54) is 0 Å². The van der Waals surface area contributed by atoms with Crippen LogP contribution in [0.4, 0.5) is 0 Å². The molecule has 0 spiro atoms. The molecule has 2 aromatic heterocycles. The minimum atomic E-state index is -0.0994. The summed E-state index contributed by atoms with van der Waals surface area (Å²) in [5.74, 6) is 0.293. The average molecular weight is 350 g/mol. The molecule has 3 aromatic rings. The van der Waals surface area contributed by atoms with Crippen LogP contribution in [0.25, 0.3) is 16.5 Å². The molecule has 26 heavy (non-hydrogen) atoms. The number of pyridine rings is 1. The molecule has 0 aliphatic carbocycles. The van der Waals surface area contributed by atoms with Gasteiger partial charge in [0.25, 0.3) is 5.91 Å². The fourth-order valence-corrected chi connectivity index (χ4v) is 3.76. The maximum absolute atomic E-state index is 13.0. The molecule has 0 bridgehead atoms. The molecule has 0 radical (unpaired) electrons. The number of nitrogens with zero attached hydrogens (tertiary/aromatic N) is 5. The summed E-state index contributed by atoms with van der Waals surface area (Å²) in [6.45, 7) is 5.27. The summed E-state index contributed by atoms with van der Waals surface area (Å²) < 4.78 is 1.73. The summed E-state index contributed by atoms with van der Waals surface area (Å²) in [5.41, 5.74) is 8.09. The summed E-state index contributed by atoms with van der Waals surface area (Å²) in [6.07, 6.45) is 4.51. The van der Waals surface area contributed by atoms with Crippen molar-refractivity contribution < 1.29 is 4.79 Å². The Morgan fingerprint density at radius 3 is 2.92 bits per heavy atom. The van der Waals surface area contributed by atoms with Gasteiger partial charge in [-0.05, 0) is 31.4 Å². The monoisotopic (exact) mass is 350 g/mol. The van der Waals surface area contributed by atoms with Crippen LogP contribution < -0.4 is 5.73 Å². The number of carbonyl (C=O) groups is 1. The number of benzene rings is 1. The van der Waals surface area contributed by atoms with E-state index in [1.807, 2.05) is 37.4 Å². The zero-order valence-electron chi connectivity index (χ0n) is 15.0. The number of hydrogen-bond acceptors (Lipinski definition) is 5. The summed E-state index contributed by atoms with van der Waals surface area (Å²) in [6, 6.07) is 7.88. The Labute approximate surface area is 151 Å². The highest BCUT2D eigenvalue weighted by molar-refractivity contribution is 5.94. The van der Waals surface area contributed by atoms with E-state index >= 15 is 0 Å². The maximum Gasteiger partial charge on any atom is 0.276 e. The van der Waals surface area contributed by atoms with Crippen LogP contribution in [0.3, 0.4) is 0 Å². The van der Waals surface area contributed by atoms with Crippen LogP contribution in [0.15, 0.2) is 36.7 Å². The van der Waals surface area contributed by atoms with Crippen molar-refractivity contribution in [3.63, 3.8) is 0 Å². The average Bonchev–Trinajstić information content (AvgIpc) is 3.01. The predicted molar refractivity (Wildman–Crippen MR) is 99.1 cm³/mol. The van der Waals surface area contributed by atoms with Crippen LogP contribution in [-0.4, -0.2) is 49.9 Å². The second-order valence-electron chi connectivity index (χ2n) is 7.12. The SMILES string of the molecule is Cc1c(C(=O)N2CC(C)CC(N)C2)nnn1-c1cccc2cnccc12. The highest BCUT2D eigenvalue weighted by Crippen LogP contribution is 2.24. The molecule has 1 aliphatic rings. The van der Waals surface area contributed by atoms with Crippen LogP contribution in [0.1, 0.15) is 29.5 Å². The Morgan fingerprint density at radius 1 is 1.27 bits per heavy atom. The molecule has 1 saturated heterocycles. The lowest BCUT2D eigenvalue weighted by Crippen LogP contribution is -2.49. The van der Waals surface area contributed by atoms with Gasteiger partial charge in [-0.3, -0.25) is 9.78 Å². The van der Waals surface area contributed by atoms with E-state index in [1.54, 1.807) is 15.8 Å². The van der Waals surface area contributed by atoms with Gasteiger partial charge in [0, 0.05) is 42.3 Å². The van der Waals surface area contributed by atoms with E-state index in [0.717, 1.165) is 28.6 Å². The molecular formula is C19H22N6O. The number of hydrogen-bond donors (Lipinski definition) is 1. The van der Waals surface area contributed by atoms with E-state index in [2.05, 4.69) is 22.2 Å². The van der Waals surface area contributed by atoms with Gasteiger partial charge >= 0.3 is 0 Å². The predicted octanol–water partition coefficient (Wildman–Crippen LogP) is 1.93. The molecule has 134 valence electrons. The lowest BCUT2D eigenvalue weighted by Gasteiger charge is -2.34. The first-order valence-electron chi connectivity index (χ1n) is 8.85. The normalized spacial score (nSPS) is 20.5. The van der Waals surface area contributed by atoms with Crippen molar-refractivity contribution in [1.82, 2.24) is 24.9 Å². The van der Waals surface area contributed by atoms with Gasteiger partial charge in [0.05, 0.1) is 11.4 Å². The van der Waals surface area contributed by atoms with Crippen LogP contribution in [0, 0.1) is 12.8 Å². The zero-order chi connectivity index (χ0) is 18.3. The number of amides is 1. The van der Waals surface area contributed by atoms with Gasteiger partial charge in [-0.25, -0.2) is 4.68 Å². The summed E-state index contributed by atoms with van der Waals surface area (Å²) in [7, 11) is 0. The van der Waals surface area contributed by atoms with Crippen molar-refractivity contribution in [1.29, 1.82) is 0 Å². The van der Waals surface area contributed by atoms with Crippen molar-refractivity contribution in [2.45, 2.75) is 26.3 Å². The van der Waals surface area contributed by atoms with E-state index in [-0.39, 0.29) is 11.9 Å². The van der Waals surface area contributed by atoms with Crippen molar-refractivity contribution >= 4 is 16.7 Å². The largest absolute Gasteiger partial charge is 0.335 e.